The van der Waals surface area contributed by atoms with Crippen molar-refractivity contribution in [1.29, 1.82) is 0 Å². The van der Waals surface area contributed by atoms with Crippen LogP contribution in [0.25, 0.3) is 11.4 Å². The molecule has 3 rings (SSSR count). The molecule has 0 amide bonds. The van der Waals surface area contributed by atoms with E-state index in [0.717, 1.165) is 29.1 Å². The fourth-order valence-corrected chi connectivity index (χ4v) is 3.32. The monoisotopic (exact) mass is 285 g/mol. The van der Waals surface area contributed by atoms with E-state index in [0.29, 0.717) is 17.9 Å². The van der Waals surface area contributed by atoms with Gasteiger partial charge in [0.2, 0.25) is 0 Å². The Kier molecular flexibility index (Phi) is 3.66. The third-order valence-corrected chi connectivity index (χ3v) is 5.00. The van der Waals surface area contributed by atoms with Crippen LogP contribution in [0, 0.1) is 18.8 Å². The van der Waals surface area contributed by atoms with Crippen molar-refractivity contribution in [3.8, 4) is 11.4 Å². The molecule has 112 valence electrons. The molecule has 1 aromatic heterocycles. The van der Waals surface area contributed by atoms with Crippen LogP contribution >= 0.6 is 0 Å². The number of nitrogens with zero attached hydrogens (tertiary/aromatic N) is 4. The Morgan fingerprint density at radius 1 is 1.24 bits per heavy atom. The van der Waals surface area contributed by atoms with Crippen molar-refractivity contribution in [2.24, 2.45) is 11.8 Å². The summed E-state index contributed by atoms with van der Waals surface area (Å²) >= 11 is 0. The number of nitrogens with two attached hydrogens (primary N) is 1. The molecule has 0 radical (unpaired) electrons. The summed E-state index contributed by atoms with van der Waals surface area (Å²) < 4.78 is 2.02. The van der Waals surface area contributed by atoms with E-state index >= 15 is 0 Å². The predicted octanol–water partition coefficient (Wildman–Crippen LogP) is 3.23. The Morgan fingerprint density at radius 3 is 2.81 bits per heavy atom. The first-order valence-corrected chi connectivity index (χ1v) is 7.72. The fraction of sp³-hybridized carbons (Fsp3) is 0.562. The third kappa shape index (κ3) is 2.52. The second-order valence-corrected chi connectivity index (χ2v) is 6.35. The van der Waals surface area contributed by atoms with Crippen LogP contribution in [0.2, 0.25) is 0 Å². The Balaban J connectivity index is 1.98. The first-order valence-electron chi connectivity index (χ1n) is 7.72. The van der Waals surface area contributed by atoms with Crippen LogP contribution in [0.5, 0.6) is 0 Å². The van der Waals surface area contributed by atoms with Crippen LogP contribution in [0.3, 0.4) is 0 Å². The summed E-state index contributed by atoms with van der Waals surface area (Å²) in [6.45, 7) is 6.65. The van der Waals surface area contributed by atoms with Gasteiger partial charge >= 0.3 is 0 Å². The first-order chi connectivity index (χ1) is 10.1. The van der Waals surface area contributed by atoms with Crippen molar-refractivity contribution in [2.45, 2.75) is 46.1 Å². The number of rotatable bonds is 2. The molecular weight excluding hydrogens is 262 g/mol. The van der Waals surface area contributed by atoms with E-state index in [1.54, 1.807) is 0 Å². The maximum atomic E-state index is 5.90. The van der Waals surface area contributed by atoms with Crippen LogP contribution in [-0.4, -0.2) is 20.2 Å². The van der Waals surface area contributed by atoms with Crippen molar-refractivity contribution in [3.05, 3.63) is 23.8 Å². The lowest BCUT2D eigenvalue weighted by Crippen LogP contribution is -2.28. The van der Waals surface area contributed by atoms with Crippen LogP contribution in [-0.2, 0) is 0 Å². The number of benzene rings is 1. The van der Waals surface area contributed by atoms with Gasteiger partial charge in [-0.3, -0.25) is 0 Å². The molecule has 1 fully saturated rings. The molecule has 0 spiro atoms. The minimum atomic E-state index is 0.386. The van der Waals surface area contributed by atoms with E-state index in [1.807, 2.05) is 23.7 Å². The number of hydrogen-bond donors (Lipinski definition) is 1. The average molecular weight is 285 g/mol. The molecule has 0 aliphatic heterocycles. The standard InChI is InChI=1S/C16H23N5/c1-10-5-4-6-15(12(10)3)21-16(18-19-20-21)13-7-8-14(17)11(2)9-13/h7-10,12,15H,4-6,17H2,1-3H3. The lowest BCUT2D eigenvalue weighted by atomic mass is 9.78. The van der Waals surface area contributed by atoms with Gasteiger partial charge < -0.3 is 5.73 Å². The molecule has 21 heavy (non-hydrogen) atoms. The molecule has 1 aliphatic rings. The van der Waals surface area contributed by atoms with Gasteiger partial charge in [-0.2, -0.15) is 0 Å². The zero-order valence-corrected chi connectivity index (χ0v) is 13.0. The van der Waals surface area contributed by atoms with Gasteiger partial charge in [0.15, 0.2) is 5.82 Å². The zero-order valence-electron chi connectivity index (χ0n) is 13.0. The summed E-state index contributed by atoms with van der Waals surface area (Å²) in [6, 6.07) is 6.38. The van der Waals surface area contributed by atoms with Crippen molar-refractivity contribution < 1.29 is 0 Å². The Hall–Kier alpha value is -1.91. The summed E-state index contributed by atoms with van der Waals surface area (Å²) in [5, 5.41) is 12.4. The molecule has 1 aromatic carbocycles. The van der Waals surface area contributed by atoms with Crippen molar-refractivity contribution >= 4 is 5.69 Å². The van der Waals surface area contributed by atoms with Crippen LogP contribution in [0.1, 0.15) is 44.7 Å². The molecule has 1 heterocycles. The van der Waals surface area contributed by atoms with Gasteiger partial charge in [-0.25, -0.2) is 4.68 Å². The highest BCUT2D eigenvalue weighted by Gasteiger charge is 2.31. The van der Waals surface area contributed by atoms with Gasteiger partial charge in [-0.15, -0.1) is 5.10 Å². The average Bonchev–Trinajstić information content (AvgIpc) is 2.94. The van der Waals surface area contributed by atoms with E-state index < -0.39 is 0 Å². The predicted molar refractivity (Wildman–Crippen MR) is 83.6 cm³/mol. The molecule has 1 saturated carbocycles. The normalized spacial score (nSPS) is 26.0. The SMILES string of the molecule is Cc1cc(-c2nnnn2C2CCCC(C)C2C)ccc1N. The van der Waals surface area contributed by atoms with Crippen LogP contribution in [0.4, 0.5) is 5.69 Å². The topological polar surface area (TPSA) is 69.6 Å². The van der Waals surface area contributed by atoms with Gasteiger partial charge in [-0.05, 0) is 59.4 Å². The summed E-state index contributed by atoms with van der Waals surface area (Å²) in [5.41, 5.74) is 8.81. The molecule has 5 heteroatoms. The minimum absolute atomic E-state index is 0.386. The van der Waals surface area contributed by atoms with Crippen LogP contribution in [0.15, 0.2) is 18.2 Å². The van der Waals surface area contributed by atoms with E-state index in [2.05, 4.69) is 35.4 Å². The summed E-state index contributed by atoms with van der Waals surface area (Å²) in [6.07, 6.45) is 3.70. The Morgan fingerprint density at radius 2 is 2.05 bits per heavy atom. The van der Waals surface area contributed by atoms with Crippen molar-refractivity contribution in [1.82, 2.24) is 20.2 Å². The minimum Gasteiger partial charge on any atom is -0.399 e. The van der Waals surface area contributed by atoms with Crippen molar-refractivity contribution in [3.63, 3.8) is 0 Å². The summed E-state index contributed by atoms with van der Waals surface area (Å²) in [4.78, 5) is 0. The van der Waals surface area contributed by atoms with Crippen molar-refractivity contribution in [2.75, 3.05) is 5.73 Å². The molecule has 3 unspecified atom stereocenters. The molecule has 2 N–H and O–H groups in total. The number of nitrogen functional groups attached to an aromatic ring is 1. The van der Waals surface area contributed by atoms with Gasteiger partial charge in [-0.1, -0.05) is 26.7 Å². The highest BCUT2D eigenvalue weighted by atomic mass is 15.5. The molecule has 5 nitrogen and oxygen atoms in total. The van der Waals surface area contributed by atoms with Crippen LogP contribution < -0.4 is 5.73 Å². The summed E-state index contributed by atoms with van der Waals surface area (Å²) in [5.74, 6) is 2.16. The zero-order chi connectivity index (χ0) is 15.0. The highest BCUT2D eigenvalue weighted by molar-refractivity contribution is 5.61. The summed E-state index contributed by atoms with van der Waals surface area (Å²) in [7, 11) is 0. The number of aryl methyl sites for hydroxylation is 1. The molecular formula is C16H23N5. The lowest BCUT2D eigenvalue weighted by molar-refractivity contribution is 0.174. The maximum Gasteiger partial charge on any atom is 0.182 e. The van der Waals surface area contributed by atoms with Gasteiger partial charge in [0, 0.05) is 11.3 Å². The van der Waals surface area contributed by atoms with E-state index in [9.17, 15) is 0 Å². The maximum absolute atomic E-state index is 5.90. The molecule has 1 aliphatic carbocycles. The Labute approximate surface area is 125 Å². The fourth-order valence-electron chi connectivity index (χ4n) is 3.32. The van der Waals surface area contributed by atoms with E-state index in [4.69, 9.17) is 5.73 Å². The second kappa shape index (κ2) is 5.47. The smallest absolute Gasteiger partial charge is 0.182 e. The Bertz CT molecular complexity index is 633. The molecule has 3 atom stereocenters. The van der Waals surface area contributed by atoms with Gasteiger partial charge in [0.1, 0.15) is 0 Å². The van der Waals surface area contributed by atoms with Gasteiger partial charge in [0.05, 0.1) is 6.04 Å². The molecule has 0 saturated heterocycles. The molecule has 0 bridgehead atoms. The largest absolute Gasteiger partial charge is 0.399 e. The second-order valence-electron chi connectivity index (χ2n) is 6.35. The quantitative estimate of drug-likeness (QED) is 0.860. The van der Waals surface area contributed by atoms with E-state index in [1.165, 1.54) is 12.8 Å². The third-order valence-electron chi connectivity index (χ3n) is 5.00. The van der Waals surface area contributed by atoms with Gasteiger partial charge in [0.25, 0.3) is 0 Å². The lowest BCUT2D eigenvalue weighted by Gasteiger charge is -2.34. The molecule has 2 aromatic rings. The van der Waals surface area contributed by atoms with E-state index in [-0.39, 0.29) is 0 Å². The first kappa shape index (κ1) is 14.0. The highest BCUT2D eigenvalue weighted by Crippen LogP contribution is 2.38. The number of tetrazole rings is 1. The number of anilines is 1. The number of aromatic nitrogens is 4. The number of hydrogen-bond acceptors (Lipinski definition) is 4.